The summed E-state index contributed by atoms with van der Waals surface area (Å²) < 4.78 is 0. The first-order chi connectivity index (χ1) is 5.16. The van der Waals surface area contributed by atoms with E-state index in [1.807, 2.05) is 0 Å². The smallest absolute Gasteiger partial charge is 0.300 e. The van der Waals surface area contributed by atoms with Crippen molar-refractivity contribution in [1.29, 1.82) is 0 Å². The second-order valence-corrected chi connectivity index (χ2v) is 2.49. The Kier molecular flexibility index (Phi) is 5.78. The molecule has 1 unspecified atom stereocenters. The molecule has 0 radical (unpaired) electrons. The summed E-state index contributed by atoms with van der Waals surface area (Å²) in [5, 5.41) is 19.1. The number of nitrogens with one attached hydrogen (secondary N) is 1. The lowest BCUT2D eigenvalue weighted by Gasteiger charge is -2.01. The zero-order chi connectivity index (χ0) is 8.69. The molecule has 0 aromatic rings. The summed E-state index contributed by atoms with van der Waals surface area (Å²) in [7, 11) is 0. The van der Waals surface area contributed by atoms with Crippen LogP contribution in [0.5, 0.6) is 0 Å². The van der Waals surface area contributed by atoms with E-state index in [1.165, 1.54) is 6.42 Å². The topological polar surface area (TPSA) is 69.6 Å². The van der Waals surface area contributed by atoms with E-state index < -0.39 is 5.97 Å². The first-order valence-corrected chi connectivity index (χ1v) is 3.70. The maximum Gasteiger partial charge on any atom is 0.300 e. The molecule has 66 valence electrons. The Labute approximate surface area is 66.2 Å². The molecular formula is C7H15NO3. The second-order valence-electron chi connectivity index (χ2n) is 2.49. The summed E-state index contributed by atoms with van der Waals surface area (Å²) in [5.74, 6) is -0.833. The molecule has 1 atom stereocenters. The standard InChI is InChI=1S/C5H11NO.C2H4O2/c7-4-5-2-1-3-6-5;1-2(3)4/h5-7H,1-4H2;1H3,(H,3,4). The van der Waals surface area contributed by atoms with E-state index in [0.717, 1.165) is 19.9 Å². The molecule has 0 saturated carbocycles. The van der Waals surface area contributed by atoms with Gasteiger partial charge in [-0.05, 0) is 19.4 Å². The summed E-state index contributed by atoms with van der Waals surface area (Å²) in [6.07, 6.45) is 2.38. The van der Waals surface area contributed by atoms with Gasteiger partial charge in [-0.2, -0.15) is 0 Å². The first-order valence-electron chi connectivity index (χ1n) is 3.70. The summed E-state index contributed by atoms with van der Waals surface area (Å²) in [6, 6.07) is 0.403. The van der Waals surface area contributed by atoms with Crippen LogP contribution in [0, 0.1) is 0 Å². The lowest BCUT2D eigenvalue weighted by atomic mass is 10.2. The average Bonchev–Trinajstić information content (AvgIpc) is 2.36. The van der Waals surface area contributed by atoms with E-state index in [9.17, 15) is 0 Å². The zero-order valence-corrected chi connectivity index (χ0v) is 6.71. The number of carboxylic acid groups (broad SMARTS) is 1. The normalized spacial score (nSPS) is 22.2. The Morgan fingerprint density at radius 2 is 2.27 bits per heavy atom. The quantitative estimate of drug-likeness (QED) is 0.499. The van der Waals surface area contributed by atoms with E-state index in [-0.39, 0.29) is 0 Å². The maximum atomic E-state index is 9.00. The molecule has 1 aliphatic rings. The number of aliphatic carboxylic acids is 1. The molecule has 1 fully saturated rings. The van der Waals surface area contributed by atoms with Crippen molar-refractivity contribution in [3.8, 4) is 0 Å². The van der Waals surface area contributed by atoms with Crippen molar-refractivity contribution in [2.24, 2.45) is 0 Å². The van der Waals surface area contributed by atoms with Crippen molar-refractivity contribution in [3.63, 3.8) is 0 Å². The van der Waals surface area contributed by atoms with E-state index in [0.29, 0.717) is 12.6 Å². The minimum Gasteiger partial charge on any atom is -0.481 e. The van der Waals surface area contributed by atoms with Gasteiger partial charge in [-0.15, -0.1) is 0 Å². The fraction of sp³-hybridized carbons (Fsp3) is 0.857. The Morgan fingerprint density at radius 1 is 1.73 bits per heavy atom. The van der Waals surface area contributed by atoms with Gasteiger partial charge in [0.15, 0.2) is 0 Å². The van der Waals surface area contributed by atoms with E-state index >= 15 is 0 Å². The van der Waals surface area contributed by atoms with Gasteiger partial charge in [-0.1, -0.05) is 0 Å². The molecule has 11 heavy (non-hydrogen) atoms. The fourth-order valence-corrected chi connectivity index (χ4v) is 0.913. The summed E-state index contributed by atoms with van der Waals surface area (Å²) in [6.45, 7) is 2.48. The Morgan fingerprint density at radius 3 is 2.45 bits per heavy atom. The molecule has 4 heteroatoms. The summed E-state index contributed by atoms with van der Waals surface area (Å²) in [4.78, 5) is 9.00. The van der Waals surface area contributed by atoms with Crippen molar-refractivity contribution in [2.45, 2.75) is 25.8 Å². The lowest BCUT2D eigenvalue weighted by molar-refractivity contribution is -0.134. The zero-order valence-electron chi connectivity index (χ0n) is 6.71. The highest BCUT2D eigenvalue weighted by Gasteiger charge is 2.10. The number of rotatable bonds is 1. The highest BCUT2D eigenvalue weighted by Crippen LogP contribution is 2.02. The predicted octanol–water partition coefficient (Wildman–Crippen LogP) is -0.178. The summed E-state index contributed by atoms with van der Waals surface area (Å²) >= 11 is 0. The molecule has 1 rings (SSSR count). The molecule has 0 amide bonds. The number of carbonyl (C=O) groups is 1. The number of aliphatic hydroxyl groups is 1. The van der Waals surface area contributed by atoms with Crippen molar-refractivity contribution >= 4 is 5.97 Å². The number of hydrogen-bond acceptors (Lipinski definition) is 3. The van der Waals surface area contributed by atoms with Crippen LogP contribution in [0.15, 0.2) is 0 Å². The predicted molar refractivity (Wildman–Crippen MR) is 41.4 cm³/mol. The fourth-order valence-electron chi connectivity index (χ4n) is 0.913. The van der Waals surface area contributed by atoms with Gasteiger partial charge in [0.1, 0.15) is 0 Å². The first kappa shape index (κ1) is 10.4. The van der Waals surface area contributed by atoms with Crippen LogP contribution < -0.4 is 5.32 Å². The number of hydrogen-bond donors (Lipinski definition) is 3. The van der Waals surface area contributed by atoms with Gasteiger partial charge in [0.25, 0.3) is 5.97 Å². The van der Waals surface area contributed by atoms with E-state index in [4.69, 9.17) is 15.0 Å². The largest absolute Gasteiger partial charge is 0.481 e. The molecule has 3 N–H and O–H groups in total. The van der Waals surface area contributed by atoms with Crippen LogP contribution in [-0.2, 0) is 4.79 Å². The van der Waals surface area contributed by atoms with Gasteiger partial charge < -0.3 is 15.5 Å². The molecule has 1 aliphatic heterocycles. The Hall–Kier alpha value is -0.610. The summed E-state index contributed by atoms with van der Waals surface area (Å²) in [5.41, 5.74) is 0. The van der Waals surface area contributed by atoms with E-state index in [1.54, 1.807) is 0 Å². The van der Waals surface area contributed by atoms with Gasteiger partial charge in [0.05, 0.1) is 6.61 Å². The Balaban J connectivity index is 0.000000218. The molecule has 0 aromatic carbocycles. The van der Waals surface area contributed by atoms with Crippen LogP contribution in [0.25, 0.3) is 0 Å². The van der Waals surface area contributed by atoms with Crippen LogP contribution in [0.2, 0.25) is 0 Å². The van der Waals surface area contributed by atoms with Gasteiger partial charge in [0, 0.05) is 13.0 Å². The van der Waals surface area contributed by atoms with Crippen molar-refractivity contribution in [1.82, 2.24) is 5.32 Å². The van der Waals surface area contributed by atoms with Gasteiger partial charge in [0.2, 0.25) is 0 Å². The third-order valence-electron chi connectivity index (χ3n) is 1.38. The third-order valence-corrected chi connectivity index (χ3v) is 1.38. The van der Waals surface area contributed by atoms with Crippen LogP contribution >= 0.6 is 0 Å². The maximum absolute atomic E-state index is 9.00. The highest BCUT2D eigenvalue weighted by molar-refractivity contribution is 5.62. The molecule has 0 bridgehead atoms. The van der Waals surface area contributed by atoms with Crippen molar-refractivity contribution in [2.75, 3.05) is 13.2 Å². The minimum atomic E-state index is -0.833. The molecule has 1 saturated heterocycles. The van der Waals surface area contributed by atoms with Crippen molar-refractivity contribution in [3.05, 3.63) is 0 Å². The molecule has 0 spiro atoms. The molecule has 4 nitrogen and oxygen atoms in total. The van der Waals surface area contributed by atoms with Gasteiger partial charge >= 0.3 is 0 Å². The average molecular weight is 161 g/mol. The number of carboxylic acids is 1. The van der Waals surface area contributed by atoms with Crippen molar-refractivity contribution < 1.29 is 15.0 Å². The third kappa shape index (κ3) is 7.29. The molecular weight excluding hydrogens is 146 g/mol. The van der Waals surface area contributed by atoms with Crippen LogP contribution in [0.1, 0.15) is 19.8 Å². The lowest BCUT2D eigenvalue weighted by Crippen LogP contribution is -2.24. The Bertz CT molecular complexity index is 106. The monoisotopic (exact) mass is 161 g/mol. The molecule has 0 aromatic heterocycles. The van der Waals surface area contributed by atoms with Gasteiger partial charge in [-0.25, -0.2) is 0 Å². The molecule has 1 heterocycles. The van der Waals surface area contributed by atoms with Gasteiger partial charge in [-0.3, -0.25) is 4.79 Å². The van der Waals surface area contributed by atoms with E-state index in [2.05, 4.69) is 5.32 Å². The SMILES string of the molecule is CC(=O)O.OCC1CCCN1. The number of aliphatic hydroxyl groups excluding tert-OH is 1. The molecule has 0 aliphatic carbocycles. The van der Waals surface area contributed by atoms with Crippen LogP contribution in [-0.4, -0.2) is 35.4 Å². The van der Waals surface area contributed by atoms with Crippen LogP contribution in [0.4, 0.5) is 0 Å². The second kappa shape index (κ2) is 6.12. The minimum absolute atomic E-state index is 0.306. The van der Waals surface area contributed by atoms with Crippen LogP contribution in [0.3, 0.4) is 0 Å². The highest BCUT2D eigenvalue weighted by atomic mass is 16.4.